The van der Waals surface area contributed by atoms with Crippen molar-refractivity contribution < 1.29 is 9.18 Å². The van der Waals surface area contributed by atoms with Crippen molar-refractivity contribution >= 4 is 28.0 Å². The number of pyridine rings is 1. The van der Waals surface area contributed by atoms with Gasteiger partial charge in [0.2, 0.25) is 0 Å². The van der Waals surface area contributed by atoms with E-state index in [9.17, 15) is 9.18 Å². The van der Waals surface area contributed by atoms with Crippen molar-refractivity contribution in [2.75, 3.05) is 5.32 Å². The number of nitrogens with one attached hydrogen (secondary N) is 1. The Morgan fingerprint density at radius 3 is 2.72 bits per heavy atom. The minimum Gasteiger partial charge on any atom is -0.306 e. The second-order valence-electron chi connectivity index (χ2n) is 5.51. The number of anilines is 1. The maximum atomic E-state index is 13.2. The third-order valence-electron chi connectivity index (χ3n) is 3.79. The minimum absolute atomic E-state index is 0.274. The van der Waals surface area contributed by atoms with E-state index in [0.29, 0.717) is 17.1 Å². The number of carbonyl (C=O) groups is 1. The molecule has 0 atom stereocenters. The highest BCUT2D eigenvalue weighted by Gasteiger charge is 2.18. The summed E-state index contributed by atoms with van der Waals surface area (Å²) in [6.45, 7) is 1.86. The number of rotatable bonds is 3. The van der Waals surface area contributed by atoms with Gasteiger partial charge in [-0.2, -0.15) is 0 Å². The largest absolute Gasteiger partial charge is 0.306 e. The fraction of sp³-hybridized carbons (Fsp3) is 0.0556. The number of hydrogen-bond acceptors (Lipinski definition) is 4. The predicted molar refractivity (Wildman–Crippen MR) is 95.4 cm³/mol. The summed E-state index contributed by atoms with van der Waals surface area (Å²) < 4.78 is 15.0. The number of aryl methyl sites for hydroxylation is 1. The lowest BCUT2D eigenvalue weighted by Gasteiger charge is -2.07. The van der Waals surface area contributed by atoms with Crippen molar-refractivity contribution in [3.63, 3.8) is 0 Å². The minimum atomic E-state index is -0.318. The van der Waals surface area contributed by atoms with Crippen LogP contribution in [-0.2, 0) is 0 Å². The van der Waals surface area contributed by atoms with Crippen LogP contribution in [0.2, 0.25) is 0 Å². The van der Waals surface area contributed by atoms with Gasteiger partial charge in [-0.05, 0) is 43.3 Å². The van der Waals surface area contributed by atoms with Crippen LogP contribution in [0.15, 0.2) is 54.2 Å². The molecule has 5 nitrogen and oxygen atoms in total. The first-order valence-electron chi connectivity index (χ1n) is 7.57. The molecular formula is C18H13FN4OS. The van der Waals surface area contributed by atoms with E-state index in [1.807, 2.05) is 22.9 Å². The summed E-state index contributed by atoms with van der Waals surface area (Å²) in [5, 5.41) is 4.79. The number of aromatic nitrogens is 3. The molecule has 0 saturated carbocycles. The van der Waals surface area contributed by atoms with Crippen LogP contribution in [0, 0.1) is 12.7 Å². The van der Waals surface area contributed by atoms with E-state index in [2.05, 4.69) is 15.3 Å². The third kappa shape index (κ3) is 2.89. The summed E-state index contributed by atoms with van der Waals surface area (Å²) in [6.07, 6.45) is 3.37. The standard InChI is InChI=1S/C18H13FN4OS/c1-11-2-3-13(10-20-11)17(24)22-16-15(12-4-6-14(19)7-5-12)21-18-23(16)8-9-25-18/h2-10H,1H3,(H,22,24). The Hall–Kier alpha value is -3.06. The van der Waals surface area contributed by atoms with E-state index in [1.54, 1.807) is 24.3 Å². The molecular weight excluding hydrogens is 339 g/mol. The van der Waals surface area contributed by atoms with Crippen LogP contribution in [0.5, 0.6) is 0 Å². The first-order chi connectivity index (χ1) is 12.1. The zero-order chi connectivity index (χ0) is 17.4. The molecule has 0 spiro atoms. The lowest BCUT2D eigenvalue weighted by Crippen LogP contribution is -2.14. The van der Waals surface area contributed by atoms with Gasteiger partial charge in [0.15, 0.2) is 4.96 Å². The Morgan fingerprint density at radius 1 is 1.20 bits per heavy atom. The Bertz CT molecular complexity index is 1050. The predicted octanol–water partition coefficient (Wildman–Crippen LogP) is 4.16. The Morgan fingerprint density at radius 2 is 2.00 bits per heavy atom. The molecule has 3 aromatic heterocycles. The first kappa shape index (κ1) is 15.5. The van der Waals surface area contributed by atoms with Gasteiger partial charge in [0.05, 0.1) is 5.56 Å². The number of fused-ring (bicyclic) bond motifs is 1. The molecule has 0 aliphatic heterocycles. The maximum absolute atomic E-state index is 13.2. The number of halogens is 1. The highest BCUT2D eigenvalue weighted by Crippen LogP contribution is 2.31. The van der Waals surface area contributed by atoms with E-state index >= 15 is 0 Å². The Kier molecular flexibility index (Phi) is 3.77. The number of nitrogens with zero attached hydrogens (tertiary/aromatic N) is 3. The van der Waals surface area contributed by atoms with E-state index < -0.39 is 0 Å². The molecule has 25 heavy (non-hydrogen) atoms. The number of carbonyl (C=O) groups excluding carboxylic acids is 1. The van der Waals surface area contributed by atoms with Crippen LogP contribution in [0.25, 0.3) is 16.2 Å². The zero-order valence-electron chi connectivity index (χ0n) is 13.2. The quantitative estimate of drug-likeness (QED) is 0.602. The molecule has 0 radical (unpaired) electrons. The van der Waals surface area contributed by atoms with Crippen molar-refractivity contribution in [1.82, 2.24) is 14.4 Å². The molecule has 4 aromatic rings. The van der Waals surface area contributed by atoms with Gasteiger partial charge in [0, 0.05) is 29.0 Å². The van der Waals surface area contributed by atoms with Crippen LogP contribution in [0.1, 0.15) is 16.1 Å². The second kappa shape index (κ2) is 6.10. The van der Waals surface area contributed by atoms with E-state index in [0.717, 1.165) is 16.2 Å². The average Bonchev–Trinajstić information content (AvgIpc) is 3.19. The van der Waals surface area contributed by atoms with Crippen molar-refractivity contribution in [3.8, 4) is 11.3 Å². The molecule has 0 aliphatic carbocycles. The highest BCUT2D eigenvalue weighted by molar-refractivity contribution is 7.15. The third-order valence-corrected chi connectivity index (χ3v) is 4.54. The molecule has 4 rings (SSSR count). The van der Waals surface area contributed by atoms with Gasteiger partial charge < -0.3 is 5.32 Å². The topological polar surface area (TPSA) is 59.3 Å². The van der Waals surface area contributed by atoms with Gasteiger partial charge in [-0.3, -0.25) is 14.2 Å². The number of thiazole rings is 1. The molecule has 0 bridgehead atoms. The summed E-state index contributed by atoms with van der Waals surface area (Å²) in [5.41, 5.74) is 2.63. The molecule has 0 fully saturated rings. The van der Waals surface area contributed by atoms with Crippen molar-refractivity contribution in [3.05, 3.63) is 71.2 Å². The Balaban J connectivity index is 1.76. The smallest absolute Gasteiger partial charge is 0.258 e. The molecule has 124 valence electrons. The van der Waals surface area contributed by atoms with Gasteiger partial charge in [-0.15, -0.1) is 11.3 Å². The van der Waals surface area contributed by atoms with E-state index in [1.165, 1.54) is 29.7 Å². The summed E-state index contributed by atoms with van der Waals surface area (Å²) in [7, 11) is 0. The second-order valence-corrected chi connectivity index (χ2v) is 6.39. The fourth-order valence-electron chi connectivity index (χ4n) is 2.50. The lowest BCUT2D eigenvalue weighted by molar-refractivity contribution is 0.102. The fourth-order valence-corrected chi connectivity index (χ4v) is 3.21. The molecule has 7 heteroatoms. The summed E-state index contributed by atoms with van der Waals surface area (Å²) in [5.74, 6) is -0.0432. The monoisotopic (exact) mass is 352 g/mol. The molecule has 1 aromatic carbocycles. The van der Waals surface area contributed by atoms with Gasteiger partial charge in [0.1, 0.15) is 17.3 Å². The van der Waals surface area contributed by atoms with Gasteiger partial charge >= 0.3 is 0 Å². The van der Waals surface area contributed by atoms with Gasteiger partial charge in [-0.25, -0.2) is 9.37 Å². The van der Waals surface area contributed by atoms with Gasteiger partial charge in [-0.1, -0.05) is 0 Å². The van der Waals surface area contributed by atoms with Crippen molar-refractivity contribution in [1.29, 1.82) is 0 Å². The molecule has 0 unspecified atom stereocenters. The summed E-state index contributed by atoms with van der Waals surface area (Å²) in [4.78, 5) is 22.0. The molecule has 0 saturated heterocycles. The maximum Gasteiger partial charge on any atom is 0.258 e. The average molecular weight is 352 g/mol. The number of hydrogen-bond donors (Lipinski definition) is 1. The lowest BCUT2D eigenvalue weighted by atomic mass is 10.1. The van der Waals surface area contributed by atoms with Gasteiger partial charge in [0.25, 0.3) is 5.91 Å². The van der Waals surface area contributed by atoms with Crippen molar-refractivity contribution in [2.24, 2.45) is 0 Å². The summed E-state index contributed by atoms with van der Waals surface area (Å²) in [6, 6.07) is 9.54. The van der Waals surface area contributed by atoms with E-state index in [4.69, 9.17) is 0 Å². The number of benzene rings is 1. The van der Waals surface area contributed by atoms with Crippen molar-refractivity contribution in [2.45, 2.75) is 6.92 Å². The Labute approximate surface area is 146 Å². The van der Waals surface area contributed by atoms with Crippen LogP contribution in [0.3, 0.4) is 0 Å². The SMILES string of the molecule is Cc1ccc(C(=O)Nc2c(-c3ccc(F)cc3)nc3sccn23)cn1. The number of amides is 1. The molecule has 0 aliphatic rings. The molecule has 1 N–H and O–H groups in total. The zero-order valence-corrected chi connectivity index (χ0v) is 14.0. The van der Waals surface area contributed by atoms with Crippen LogP contribution < -0.4 is 5.32 Å². The first-order valence-corrected chi connectivity index (χ1v) is 8.45. The van der Waals surface area contributed by atoms with Crippen LogP contribution in [-0.4, -0.2) is 20.3 Å². The highest BCUT2D eigenvalue weighted by atomic mass is 32.1. The van der Waals surface area contributed by atoms with Crippen LogP contribution in [0.4, 0.5) is 10.2 Å². The van der Waals surface area contributed by atoms with E-state index in [-0.39, 0.29) is 11.7 Å². The number of imidazole rings is 1. The normalized spacial score (nSPS) is 11.0. The van der Waals surface area contributed by atoms with Crippen LogP contribution >= 0.6 is 11.3 Å². The molecule has 1 amide bonds. The molecule has 3 heterocycles. The summed E-state index contributed by atoms with van der Waals surface area (Å²) >= 11 is 1.46.